The Labute approximate surface area is 73.9 Å². The van der Waals surface area contributed by atoms with Crippen LogP contribution in [0.3, 0.4) is 0 Å². The zero-order valence-electron chi connectivity index (χ0n) is 7.74. The topological polar surface area (TPSA) is 9.72 Å². The van der Waals surface area contributed by atoms with Gasteiger partial charge in [-0.15, -0.1) is 0 Å². The zero-order valence-corrected chi connectivity index (χ0v) is 7.74. The molecule has 0 aromatic heterocycles. The van der Waals surface area contributed by atoms with Crippen molar-refractivity contribution in [1.82, 2.24) is 14.7 Å². The molecule has 3 heterocycles. The molecule has 0 saturated carbocycles. The predicted molar refractivity (Wildman–Crippen MR) is 47.5 cm³/mol. The first kappa shape index (κ1) is 7.30. The third kappa shape index (κ3) is 0.767. The van der Waals surface area contributed by atoms with Crippen LogP contribution in [-0.4, -0.2) is 53.3 Å². The lowest BCUT2D eigenvalue weighted by molar-refractivity contribution is -0.265. The molecule has 0 aromatic rings. The number of hydrogen-bond acceptors (Lipinski definition) is 3. The van der Waals surface area contributed by atoms with Crippen molar-refractivity contribution in [3.8, 4) is 0 Å². The van der Waals surface area contributed by atoms with E-state index in [4.69, 9.17) is 0 Å². The fourth-order valence-electron chi connectivity index (χ4n) is 2.98. The summed E-state index contributed by atoms with van der Waals surface area (Å²) in [7, 11) is 0. The van der Waals surface area contributed by atoms with E-state index in [1.54, 1.807) is 0 Å². The smallest absolute Gasteiger partial charge is 0.122 e. The molecule has 3 aliphatic heterocycles. The lowest BCUT2D eigenvalue weighted by Crippen LogP contribution is -2.79. The summed E-state index contributed by atoms with van der Waals surface area (Å²) < 4.78 is 0. The van der Waals surface area contributed by atoms with E-state index in [0.29, 0.717) is 6.29 Å². The van der Waals surface area contributed by atoms with E-state index in [-0.39, 0.29) is 0 Å². The Morgan fingerprint density at radius 3 is 2.08 bits per heavy atom. The molecule has 0 bridgehead atoms. The predicted octanol–water partition coefficient (Wildman–Crippen LogP) is 0.343. The first-order chi connectivity index (χ1) is 5.88. The van der Waals surface area contributed by atoms with Gasteiger partial charge < -0.3 is 0 Å². The van der Waals surface area contributed by atoms with Gasteiger partial charge in [0.1, 0.15) is 6.29 Å². The molecule has 12 heavy (non-hydrogen) atoms. The van der Waals surface area contributed by atoms with Crippen molar-refractivity contribution in [2.45, 2.75) is 32.2 Å². The maximum atomic E-state index is 2.63. The first-order valence-corrected chi connectivity index (χ1v) is 5.13. The molecule has 0 spiro atoms. The molecule has 0 aromatic carbocycles. The highest BCUT2D eigenvalue weighted by Crippen LogP contribution is 2.34. The Morgan fingerprint density at radius 1 is 0.917 bits per heavy atom. The number of nitrogens with zero attached hydrogens (tertiary/aromatic N) is 3. The normalized spacial score (nSPS) is 43.8. The molecule has 0 radical (unpaired) electrons. The summed E-state index contributed by atoms with van der Waals surface area (Å²) >= 11 is 0. The highest BCUT2D eigenvalue weighted by atomic mass is 15.7. The Hall–Kier alpha value is -0.120. The minimum atomic E-state index is 0.697. The molecule has 3 nitrogen and oxygen atoms in total. The highest BCUT2D eigenvalue weighted by Gasteiger charge is 2.49. The van der Waals surface area contributed by atoms with Crippen LogP contribution in [0.4, 0.5) is 0 Å². The van der Waals surface area contributed by atoms with Gasteiger partial charge in [-0.25, -0.2) is 0 Å². The van der Waals surface area contributed by atoms with E-state index in [1.165, 1.54) is 39.0 Å². The summed E-state index contributed by atoms with van der Waals surface area (Å²) in [6, 6.07) is 0. The van der Waals surface area contributed by atoms with Gasteiger partial charge in [-0.1, -0.05) is 0 Å². The van der Waals surface area contributed by atoms with Gasteiger partial charge in [0.25, 0.3) is 0 Å². The maximum absolute atomic E-state index is 2.63. The van der Waals surface area contributed by atoms with Crippen molar-refractivity contribution in [3.63, 3.8) is 0 Å². The SMILES string of the molecule is CC1N2CCCN3CCCN1C32. The molecule has 3 heteroatoms. The van der Waals surface area contributed by atoms with Gasteiger partial charge in [-0.2, -0.15) is 0 Å². The second-order valence-electron chi connectivity index (χ2n) is 4.20. The quantitative estimate of drug-likeness (QED) is 0.515. The summed E-state index contributed by atoms with van der Waals surface area (Å²) in [5.41, 5.74) is 0. The molecule has 0 unspecified atom stereocenters. The van der Waals surface area contributed by atoms with Crippen molar-refractivity contribution in [3.05, 3.63) is 0 Å². The largest absolute Gasteiger partial charge is 0.275 e. The van der Waals surface area contributed by atoms with Gasteiger partial charge in [0.05, 0.1) is 6.17 Å². The molecular weight excluding hydrogens is 150 g/mol. The van der Waals surface area contributed by atoms with Crippen LogP contribution in [0.2, 0.25) is 0 Å². The van der Waals surface area contributed by atoms with Crippen molar-refractivity contribution in [2.24, 2.45) is 0 Å². The van der Waals surface area contributed by atoms with Crippen LogP contribution in [0.25, 0.3) is 0 Å². The number of rotatable bonds is 0. The van der Waals surface area contributed by atoms with Crippen LogP contribution in [-0.2, 0) is 0 Å². The first-order valence-electron chi connectivity index (χ1n) is 5.13. The monoisotopic (exact) mass is 167 g/mol. The minimum Gasteiger partial charge on any atom is -0.275 e. The van der Waals surface area contributed by atoms with E-state index in [9.17, 15) is 0 Å². The van der Waals surface area contributed by atoms with Gasteiger partial charge >= 0.3 is 0 Å². The molecule has 3 fully saturated rings. The fourth-order valence-corrected chi connectivity index (χ4v) is 2.98. The Morgan fingerprint density at radius 2 is 1.50 bits per heavy atom. The molecule has 3 rings (SSSR count). The lowest BCUT2D eigenvalue weighted by Gasteiger charge is -2.64. The Bertz CT molecular complexity index is 165. The van der Waals surface area contributed by atoms with Crippen molar-refractivity contribution < 1.29 is 0 Å². The molecule has 0 N–H and O–H groups in total. The van der Waals surface area contributed by atoms with E-state index < -0.39 is 0 Å². The molecule has 0 atom stereocenters. The average Bonchev–Trinajstić information content (AvgIpc) is 2.16. The van der Waals surface area contributed by atoms with Gasteiger partial charge in [-0.05, 0) is 19.8 Å². The molecule has 3 aliphatic rings. The molecule has 0 amide bonds. The molecule has 68 valence electrons. The minimum absolute atomic E-state index is 0.697. The summed E-state index contributed by atoms with van der Waals surface area (Å²) in [6.45, 7) is 7.62. The van der Waals surface area contributed by atoms with Crippen LogP contribution >= 0.6 is 0 Å². The van der Waals surface area contributed by atoms with Crippen LogP contribution < -0.4 is 0 Å². The third-order valence-electron chi connectivity index (χ3n) is 3.60. The van der Waals surface area contributed by atoms with Gasteiger partial charge in [0.2, 0.25) is 0 Å². The van der Waals surface area contributed by atoms with Gasteiger partial charge in [0, 0.05) is 26.2 Å². The Balaban J connectivity index is 1.83. The summed E-state index contributed by atoms with van der Waals surface area (Å²) in [6.07, 6.45) is 4.16. The van der Waals surface area contributed by atoms with E-state index in [1.807, 2.05) is 0 Å². The summed E-state index contributed by atoms with van der Waals surface area (Å²) in [5.74, 6) is 0. The van der Waals surface area contributed by atoms with Crippen LogP contribution in [0.1, 0.15) is 19.8 Å². The second kappa shape index (κ2) is 2.44. The van der Waals surface area contributed by atoms with E-state index >= 15 is 0 Å². The molecule has 3 saturated heterocycles. The highest BCUT2D eigenvalue weighted by molar-refractivity contribution is 4.94. The molecule has 0 aliphatic carbocycles. The Kier molecular flexibility index (Phi) is 1.48. The summed E-state index contributed by atoms with van der Waals surface area (Å²) in [5, 5.41) is 0. The van der Waals surface area contributed by atoms with Crippen molar-refractivity contribution >= 4 is 0 Å². The number of hydrogen-bond donors (Lipinski definition) is 0. The van der Waals surface area contributed by atoms with Crippen LogP contribution in [0, 0.1) is 0 Å². The maximum Gasteiger partial charge on any atom is 0.122 e. The lowest BCUT2D eigenvalue weighted by atomic mass is 10.1. The summed E-state index contributed by atoms with van der Waals surface area (Å²) in [4.78, 5) is 7.89. The zero-order chi connectivity index (χ0) is 8.13. The van der Waals surface area contributed by atoms with Gasteiger partial charge in [0.15, 0.2) is 0 Å². The van der Waals surface area contributed by atoms with E-state index in [0.717, 1.165) is 6.17 Å². The fraction of sp³-hybridized carbons (Fsp3) is 1.00. The molecular formula is C9H17N3. The standard InChI is InChI=1S/C9H17N3/c1-8-11-6-2-4-10-5-3-7-12(8)9(10)11/h8-9H,2-7H2,1H3. The van der Waals surface area contributed by atoms with Gasteiger partial charge in [-0.3, -0.25) is 14.7 Å². The van der Waals surface area contributed by atoms with Crippen LogP contribution in [0.5, 0.6) is 0 Å². The average molecular weight is 167 g/mol. The van der Waals surface area contributed by atoms with Crippen LogP contribution in [0.15, 0.2) is 0 Å². The van der Waals surface area contributed by atoms with Crippen molar-refractivity contribution in [2.75, 3.05) is 26.2 Å². The third-order valence-corrected chi connectivity index (χ3v) is 3.60. The second-order valence-corrected chi connectivity index (χ2v) is 4.20. The van der Waals surface area contributed by atoms with E-state index in [2.05, 4.69) is 21.6 Å². The van der Waals surface area contributed by atoms with Crippen molar-refractivity contribution in [1.29, 1.82) is 0 Å².